The van der Waals surface area contributed by atoms with Gasteiger partial charge in [-0.05, 0) is 29.8 Å². The molecule has 0 atom stereocenters. The minimum atomic E-state index is -0.844. The molecule has 11 heteroatoms. The van der Waals surface area contributed by atoms with Crippen molar-refractivity contribution in [2.45, 2.75) is 31.4 Å². The normalized spacial score (nSPS) is 16.3. The summed E-state index contributed by atoms with van der Waals surface area (Å²) in [7, 11) is 3.09. The van der Waals surface area contributed by atoms with Crippen molar-refractivity contribution in [2.24, 2.45) is 5.16 Å². The predicted octanol–water partition coefficient (Wildman–Crippen LogP) is 3.44. The fraction of sp³-hybridized carbons (Fsp3) is 0.375. The van der Waals surface area contributed by atoms with Gasteiger partial charge in [0.15, 0.2) is 11.5 Å². The highest BCUT2D eigenvalue weighted by molar-refractivity contribution is 6.39. The molecule has 35 heavy (non-hydrogen) atoms. The largest absolute Gasteiger partial charge is 0.493 e. The third-order valence-electron chi connectivity index (χ3n) is 6.14. The highest BCUT2D eigenvalue weighted by Gasteiger charge is 2.44. The van der Waals surface area contributed by atoms with Crippen molar-refractivity contribution < 1.29 is 32.7 Å². The summed E-state index contributed by atoms with van der Waals surface area (Å²) in [6.07, 6.45) is 1.25. The van der Waals surface area contributed by atoms with Crippen molar-refractivity contribution >= 4 is 23.3 Å². The standard InChI is InChI=1S/C24H26F2N4O5/c1-33-20-6-3-15(11-21(20)34-2)14-27-22(31)19-13-24(35-29-19)7-9-30(10-8-24)23(32)28-18-5-4-16(25)12-17(18)26/h3-6,11-12H,7-10,13-14H2,1-2H3,(H,27,31)(H,28,32). The topological polar surface area (TPSA) is 101 Å². The Kier molecular flexibility index (Phi) is 7.04. The minimum Gasteiger partial charge on any atom is -0.493 e. The molecule has 2 N–H and O–H groups in total. The highest BCUT2D eigenvalue weighted by Crippen LogP contribution is 2.35. The number of halogens is 2. The molecule has 1 fully saturated rings. The number of oxime groups is 1. The van der Waals surface area contributed by atoms with Gasteiger partial charge in [-0.15, -0.1) is 0 Å². The van der Waals surface area contributed by atoms with Crippen LogP contribution < -0.4 is 20.1 Å². The van der Waals surface area contributed by atoms with Crippen LogP contribution in [0.25, 0.3) is 0 Å². The van der Waals surface area contributed by atoms with Crippen molar-refractivity contribution in [1.82, 2.24) is 10.2 Å². The summed E-state index contributed by atoms with van der Waals surface area (Å²) >= 11 is 0. The van der Waals surface area contributed by atoms with Gasteiger partial charge in [-0.1, -0.05) is 11.2 Å². The predicted molar refractivity (Wildman–Crippen MR) is 123 cm³/mol. The summed E-state index contributed by atoms with van der Waals surface area (Å²) < 4.78 is 37.4. The van der Waals surface area contributed by atoms with Gasteiger partial charge in [0.25, 0.3) is 5.91 Å². The maximum Gasteiger partial charge on any atom is 0.321 e. The number of carbonyl (C=O) groups excluding carboxylic acids is 2. The highest BCUT2D eigenvalue weighted by atomic mass is 19.1. The van der Waals surface area contributed by atoms with E-state index < -0.39 is 23.3 Å². The lowest BCUT2D eigenvalue weighted by molar-refractivity contribution is -0.115. The molecule has 186 valence electrons. The van der Waals surface area contributed by atoms with Gasteiger partial charge in [-0.25, -0.2) is 13.6 Å². The zero-order chi connectivity index (χ0) is 25.0. The van der Waals surface area contributed by atoms with Crippen LogP contribution in [0.3, 0.4) is 0 Å². The maximum atomic E-state index is 13.8. The lowest BCUT2D eigenvalue weighted by Crippen LogP contribution is -2.48. The molecule has 0 radical (unpaired) electrons. The number of hydrogen-bond acceptors (Lipinski definition) is 6. The Hall–Kier alpha value is -3.89. The Balaban J connectivity index is 1.26. The van der Waals surface area contributed by atoms with Crippen LogP contribution in [0, 0.1) is 11.6 Å². The smallest absolute Gasteiger partial charge is 0.321 e. The number of piperidine rings is 1. The molecule has 0 bridgehead atoms. The number of benzene rings is 2. The summed E-state index contributed by atoms with van der Waals surface area (Å²) in [6.45, 7) is 0.953. The van der Waals surface area contributed by atoms with Gasteiger partial charge >= 0.3 is 6.03 Å². The summed E-state index contributed by atoms with van der Waals surface area (Å²) in [5.41, 5.74) is 0.373. The molecular weight excluding hydrogens is 462 g/mol. The van der Waals surface area contributed by atoms with E-state index >= 15 is 0 Å². The molecule has 1 spiro atoms. The quantitative estimate of drug-likeness (QED) is 0.649. The first-order valence-electron chi connectivity index (χ1n) is 11.1. The molecular formula is C24H26F2N4O5. The third-order valence-corrected chi connectivity index (χ3v) is 6.14. The molecule has 3 amide bonds. The number of rotatable bonds is 6. The number of urea groups is 1. The first-order valence-corrected chi connectivity index (χ1v) is 11.1. The minimum absolute atomic E-state index is 0.0921. The van der Waals surface area contributed by atoms with Crippen LogP contribution in [0.1, 0.15) is 24.8 Å². The SMILES string of the molecule is COc1ccc(CNC(=O)C2=NOC3(CCN(C(=O)Nc4ccc(F)cc4F)CC3)C2)cc1OC. The number of ether oxygens (including phenoxy) is 2. The van der Waals surface area contributed by atoms with Crippen LogP contribution in [0.4, 0.5) is 19.3 Å². The van der Waals surface area contributed by atoms with Crippen LogP contribution in [0.15, 0.2) is 41.6 Å². The second kappa shape index (κ2) is 10.2. The van der Waals surface area contributed by atoms with Gasteiger partial charge < -0.3 is 29.8 Å². The number of methoxy groups -OCH3 is 2. The van der Waals surface area contributed by atoms with E-state index in [9.17, 15) is 18.4 Å². The molecule has 0 aliphatic carbocycles. The zero-order valence-corrected chi connectivity index (χ0v) is 19.4. The van der Waals surface area contributed by atoms with E-state index in [2.05, 4.69) is 15.8 Å². The van der Waals surface area contributed by atoms with Gasteiger partial charge in [0.1, 0.15) is 22.9 Å². The molecule has 0 unspecified atom stereocenters. The molecule has 1 saturated heterocycles. The van der Waals surface area contributed by atoms with E-state index in [1.54, 1.807) is 26.4 Å². The summed E-state index contributed by atoms with van der Waals surface area (Å²) in [6, 6.07) is 7.85. The van der Waals surface area contributed by atoms with Gasteiger partial charge in [0.2, 0.25) is 0 Å². The van der Waals surface area contributed by atoms with Crippen molar-refractivity contribution in [1.29, 1.82) is 0 Å². The van der Waals surface area contributed by atoms with E-state index in [0.29, 0.717) is 49.9 Å². The molecule has 2 aromatic rings. The average molecular weight is 488 g/mol. The fourth-order valence-electron chi connectivity index (χ4n) is 4.09. The Morgan fingerprint density at radius 1 is 1.09 bits per heavy atom. The van der Waals surface area contributed by atoms with Crippen LogP contribution in [-0.2, 0) is 16.2 Å². The second-order valence-corrected chi connectivity index (χ2v) is 8.40. The monoisotopic (exact) mass is 488 g/mol. The van der Waals surface area contributed by atoms with Crippen molar-refractivity contribution in [3.63, 3.8) is 0 Å². The van der Waals surface area contributed by atoms with Crippen molar-refractivity contribution in [2.75, 3.05) is 32.6 Å². The molecule has 2 aliphatic heterocycles. The van der Waals surface area contributed by atoms with E-state index in [4.69, 9.17) is 14.3 Å². The van der Waals surface area contributed by atoms with Crippen molar-refractivity contribution in [3.8, 4) is 11.5 Å². The van der Waals surface area contributed by atoms with Crippen molar-refractivity contribution in [3.05, 3.63) is 53.6 Å². The molecule has 9 nitrogen and oxygen atoms in total. The van der Waals surface area contributed by atoms with Gasteiger partial charge in [-0.2, -0.15) is 0 Å². The van der Waals surface area contributed by atoms with E-state index in [1.165, 1.54) is 11.0 Å². The summed E-state index contributed by atoms with van der Waals surface area (Å²) in [5, 5.41) is 9.29. The van der Waals surface area contributed by atoms with E-state index in [0.717, 1.165) is 11.6 Å². The van der Waals surface area contributed by atoms with E-state index in [1.807, 2.05) is 6.07 Å². The average Bonchev–Trinajstić information content (AvgIpc) is 3.27. The molecule has 0 aromatic heterocycles. The number of nitrogens with one attached hydrogen (secondary N) is 2. The van der Waals surface area contributed by atoms with Crippen LogP contribution in [-0.4, -0.2) is 55.5 Å². The number of nitrogens with zero attached hydrogens (tertiary/aromatic N) is 2. The lowest BCUT2D eigenvalue weighted by atomic mass is 9.87. The third kappa shape index (κ3) is 5.44. The first-order chi connectivity index (χ1) is 16.8. The van der Waals surface area contributed by atoms with Crippen LogP contribution in [0.5, 0.6) is 11.5 Å². The fourth-order valence-corrected chi connectivity index (χ4v) is 4.09. The molecule has 2 aromatic carbocycles. The van der Waals surface area contributed by atoms with E-state index in [-0.39, 0.29) is 23.9 Å². The maximum absolute atomic E-state index is 13.8. The Labute approximate surface area is 201 Å². The van der Waals surface area contributed by atoms with Crippen LogP contribution in [0.2, 0.25) is 0 Å². The molecule has 0 saturated carbocycles. The van der Waals surface area contributed by atoms with Gasteiger partial charge in [-0.3, -0.25) is 4.79 Å². The molecule has 2 heterocycles. The summed E-state index contributed by atoms with van der Waals surface area (Å²) in [4.78, 5) is 32.3. The van der Waals surface area contributed by atoms with Gasteiger partial charge in [0.05, 0.1) is 19.9 Å². The Morgan fingerprint density at radius 3 is 2.51 bits per heavy atom. The second-order valence-electron chi connectivity index (χ2n) is 8.40. The number of hydrogen-bond donors (Lipinski definition) is 2. The zero-order valence-electron chi connectivity index (χ0n) is 19.4. The van der Waals surface area contributed by atoms with Gasteiger partial charge in [0, 0.05) is 45.0 Å². The molecule has 2 aliphatic rings. The number of anilines is 1. The first kappa shape index (κ1) is 24.2. The number of likely N-dealkylation sites (tertiary alicyclic amines) is 1. The summed E-state index contributed by atoms with van der Waals surface area (Å²) in [5.74, 6) is -0.729. The number of carbonyl (C=O) groups is 2. The Morgan fingerprint density at radius 2 is 1.83 bits per heavy atom. The number of amides is 3. The lowest BCUT2D eigenvalue weighted by Gasteiger charge is -2.37. The Bertz CT molecular complexity index is 1150. The molecule has 4 rings (SSSR count). The van der Waals surface area contributed by atoms with Crippen LogP contribution >= 0.6 is 0 Å².